The highest BCUT2D eigenvalue weighted by atomic mass is 127. The van der Waals surface area contributed by atoms with Crippen molar-refractivity contribution in [1.29, 1.82) is 0 Å². The summed E-state index contributed by atoms with van der Waals surface area (Å²) >= 11 is 2.22. The van der Waals surface area contributed by atoms with Crippen LogP contribution in [0.1, 0.15) is 31.9 Å². The van der Waals surface area contributed by atoms with Gasteiger partial charge in [0.2, 0.25) is 0 Å². The van der Waals surface area contributed by atoms with Gasteiger partial charge in [0.1, 0.15) is 18.2 Å². The Bertz CT molecular complexity index is 754. The van der Waals surface area contributed by atoms with Gasteiger partial charge in [0.25, 0.3) is 0 Å². The van der Waals surface area contributed by atoms with Gasteiger partial charge in [-0.25, -0.2) is 9.59 Å². The van der Waals surface area contributed by atoms with E-state index in [2.05, 4.69) is 27.9 Å². The molecule has 2 aromatic carbocycles. The van der Waals surface area contributed by atoms with Gasteiger partial charge in [-0.05, 0) is 66.6 Å². The van der Waals surface area contributed by atoms with E-state index in [0.717, 1.165) is 14.7 Å². The molecule has 5 nitrogen and oxygen atoms in total. The highest BCUT2D eigenvalue weighted by Crippen LogP contribution is 2.12. The van der Waals surface area contributed by atoms with Gasteiger partial charge in [0, 0.05) is 9.99 Å². The maximum absolute atomic E-state index is 12.6. The molecular formula is C21H24INO4. The Morgan fingerprint density at radius 1 is 1.00 bits per heavy atom. The number of ether oxygens (including phenoxy) is 2. The number of hydrogen-bond donors (Lipinski definition) is 1. The molecule has 0 aliphatic heterocycles. The second kappa shape index (κ2) is 9.73. The zero-order valence-electron chi connectivity index (χ0n) is 15.7. The number of esters is 1. The van der Waals surface area contributed by atoms with E-state index in [1.807, 2.05) is 54.6 Å². The van der Waals surface area contributed by atoms with Crippen LogP contribution in [0.15, 0.2) is 54.6 Å². The molecule has 0 heterocycles. The van der Waals surface area contributed by atoms with Crippen molar-refractivity contribution in [3.63, 3.8) is 0 Å². The van der Waals surface area contributed by atoms with Gasteiger partial charge in [0.15, 0.2) is 0 Å². The summed E-state index contributed by atoms with van der Waals surface area (Å²) in [5.74, 6) is -0.497. The minimum absolute atomic E-state index is 0.152. The summed E-state index contributed by atoms with van der Waals surface area (Å²) in [6, 6.07) is 16.3. The predicted octanol–water partition coefficient (Wildman–Crippen LogP) is 4.47. The minimum Gasteiger partial charge on any atom is -0.459 e. The van der Waals surface area contributed by atoms with Crippen molar-refractivity contribution in [3.8, 4) is 0 Å². The fraction of sp³-hybridized carbons (Fsp3) is 0.333. The molecule has 1 unspecified atom stereocenters. The maximum atomic E-state index is 12.6. The standard InChI is InChI=1S/C21H24INO4/c1-21(2,3)27-20(25)23-18(13-15-9-11-17(22)12-10-15)19(24)26-14-16-7-5-4-6-8-16/h4-12,18H,13-14H2,1-3H3,(H,23,25). The molecule has 0 saturated heterocycles. The number of carbonyl (C=O) groups is 2. The van der Waals surface area contributed by atoms with Gasteiger partial charge in [-0.15, -0.1) is 0 Å². The first-order valence-electron chi connectivity index (χ1n) is 8.67. The van der Waals surface area contributed by atoms with Crippen molar-refractivity contribution in [2.75, 3.05) is 0 Å². The van der Waals surface area contributed by atoms with Crippen molar-refractivity contribution < 1.29 is 19.1 Å². The summed E-state index contributed by atoms with van der Waals surface area (Å²) in [6.45, 7) is 5.47. The summed E-state index contributed by atoms with van der Waals surface area (Å²) < 4.78 is 11.8. The topological polar surface area (TPSA) is 64.6 Å². The smallest absolute Gasteiger partial charge is 0.408 e. The van der Waals surface area contributed by atoms with E-state index in [4.69, 9.17) is 9.47 Å². The second-order valence-corrected chi connectivity index (χ2v) is 8.37. The molecule has 0 spiro atoms. The lowest BCUT2D eigenvalue weighted by atomic mass is 10.1. The van der Waals surface area contributed by atoms with Crippen LogP contribution >= 0.6 is 22.6 Å². The van der Waals surface area contributed by atoms with E-state index in [9.17, 15) is 9.59 Å². The summed E-state index contributed by atoms with van der Waals surface area (Å²) in [7, 11) is 0. The van der Waals surface area contributed by atoms with Crippen LogP contribution < -0.4 is 5.32 Å². The van der Waals surface area contributed by atoms with Crippen molar-refractivity contribution in [3.05, 3.63) is 69.3 Å². The molecule has 0 aromatic heterocycles. The molecule has 0 aliphatic carbocycles. The van der Waals surface area contributed by atoms with E-state index in [-0.39, 0.29) is 6.61 Å². The SMILES string of the molecule is CC(C)(C)OC(=O)NC(Cc1ccc(I)cc1)C(=O)OCc1ccccc1. The Balaban J connectivity index is 2.06. The Morgan fingerprint density at radius 3 is 2.22 bits per heavy atom. The van der Waals surface area contributed by atoms with Crippen LogP contribution in [0.3, 0.4) is 0 Å². The molecule has 6 heteroatoms. The van der Waals surface area contributed by atoms with E-state index in [1.165, 1.54) is 0 Å². The first-order chi connectivity index (χ1) is 12.7. The Labute approximate surface area is 173 Å². The second-order valence-electron chi connectivity index (χ2n) is 7.12. The van der Waals surface area contributed by atoms with Crippen molar-refractivity contribution >= 4 is 34.7 Å². The quantitative estimate of drug-likeness (QED) is 0.489. The van der Waals surface area contributed by atoms with Crippen molar-refractivity contribution in [2.45, 2.75) is 45.4 Å². The van der Waals surface area contributed by atoms with Crippen LogP contribution in [0, 0.1) is 3.57 Å². The van der Waals surface area contributed by atoms with Gasteiger partial charge in [-0.2, -0.15) is 0 Å². The molecule has 2 aromatic rings. The number of carbonyl (C=O) groups excluding carboxylic acids is 2. The molecule has 0 radical (unpaired) electrons. The van der Waals surface area contributed by atoms with Crippen LogP contribution in [0.4, 0.5) is 4.79 Å². The first kappa shape index (κ1) is 21.2. The fourth-order valence-electron chi connectivity index (χ4n) is 2.33. The number of halogens is 1. The predicted molar refractivity (Wildman–Crippen MR) is 112 cm³/mol. The lowest BCUT2D eigenvalue weighted by Crippen LogP contribution is -2.45. The van der Waals surface area contributed by atoms with Crippen molar-refractivity contribution in [1.82, 2.24) is 5.32 Å². The van der Waals surface area contributed by atoms with Crippen molar-refractivity contribution in [2.24, 2.45) is 0 Å². The van der Waals surface area contributed by atoms with Crippen LogP contribution in [0.2, 0.25) is 0 Å². The van der Waals surface area contributed by atoms with E-state index in [1.54, 1.807) is 20.8 Å². The van der Waals surface area contributed by atoms with Crippen LogP contribution in [0.5, 0.6) is 0 Å². The lowest BCUT2D eigenvalue weighted by Gasteiger charge is -2.23. The van der Waals surface area contributed by atoms with Gasteiger partial charge < -0.3 is 14.8 Å². The summed E-state index contributed by atoms with van der Waals surface area (Å²) in [5.41, 5.74) is 1.16. The molecule has 1 amide bonds. The summed E-state index contributed by atoms with van der Waals surface area (Å²) in [5, 5.41) is 2.64. The number of amides is 1. The van der Waals surface area contributed by atoms with E-state index >= 15 is 0 Å². The Morgan fingerprint density at radius 2 is 1.63 bits per heavy atom. The summed E-state index contributed by atoms with van der Waals surface area (Å²) in [4.78, 5) is 24.7. The maximum Gasteiger partial charge on any atom is 0.408 e. The van der Waals surface area contributed by atoms with E-state index in [0.29, 0.717) is 6.42 Å². The lowest BCUT2D eigenvalue weighted by molar-refractivity contribution is -0.147. The fourth-order valence-corrected chi connectivity index (χ4v) is 2.69. The average molecular weight is 481 g/mol. The average Bonchev–Trinajstić information content (AvgIpc) is 2.60. The highest BCUT2D eigenvalue weighted by Gasteiger charge is 2.26. The van der Waals surface area contributed by atoms with Gasteiger partial charge >= 0.3 is 12.1 Å². The normalized spacial score (nSPS) is 12.1. The monoisotopic (exact) mass is 481 g/mol. The number of hydrogen-bond acceptors (Lipinski definition) is 4. The molecule has 0 aliphatic rings. The molecule has 1 N–H and O–H groups in total. The zero-order valence-corrected chi connectivity index (χ0v) is 17.9. The van der Waals surface area contributed by atoms with Crippen LogP contribution in [-0.2, 0) is 27.3 Å². The molecule has 27 heavy (non-hydrogen) atoms. The molecular weight excluding hydrogens is 457 g/mol. The molecule has 0 fully saturated rings. The Hall–Kier alpha value is -2.09. The highest BCUT2D eigenvalue weighted by molar-refractivity contribution is 14.1. The number of benzene rings is 2. The molecule has 0 bridgehead atoms. The molecule has 2 rings (SSSR count). The third-order valence-electron chi connectivity index (χ3n) is 3.55. The van der Waals surface area contributed by atoms with Crippen LogP contribution in [-0.4, -0.2) is 23.7 Å². The summed E-state index contributed by atoms with van der Waals surface area (Å²) in [6.07, 6.45) is -0.321. The molecule has 0 saturated carbocycles. The molecule has 1 atom stereocenters. The van der Waals surface area contributed by atoms with Crippen LogP contribution in [0.25, 0.3) is 0 Å². The first-order valence-corrected chi connectivity index (χ1v) is 9.75. The van der Waals surface area contributed by atoms with E-state index < -0.39 is 23.7 Å². The number of nitrogens with one attached hydrogen (secondary N) is 1. The van der Waals surface area contributed by atoms with Gasteiger partial charge in [-0.1, -0.05) is 42.5 Å². The Kier molecular flexibility index (Phi) is 7.65. The third-order valence-corrected chi connectivity index (χ3v) is 4.27. The van der Waals surface area contributed by atoms with Gasteiger partial charge in [0.05, 0.1) is 0 Å². The third kappa shape index (κ3) is 7.99. The van der Waals surface area contributed by atoms with Gasteiger partial charge in [-0.3, -0.25) is 0 Å². The number of rotatable bonds is 6. The molecule has 144 valence electrons. The number of alkyl carbamates (subject to hydrolysis) is 1. The minimum atomic E-state index is -0.830. The zero-order chi connectivity index (χ0) is 19.9. The largest absolute Gasteiger partial charge is 0.459 e.